The zero-order valence-corrected chi connectivity index (χ0v) is 11.3. The fourth-order valence-corrected chi connectivity index (χ4v) is 2.99. The lowest BCUT2D eigenvalue weighted by Crippen LogP contribution is -2.52. The van der Waals surface area contributed by atoms with Crippen LogP contribution < -0.4 is 5.32 Å². The summed E-state index contributed by atoms with van der Waals surface area (Å²) in [5.74, 6) is 1.16. The quantitative estimate of drug-likeness (QED) is 0.715. The van der Waals surface area contributed by atoms with E-state index in [1.165, 1.54) is 19.3 Å². The van der Waals surface area contributed by atoms with Gasteiger partial charge in [0.2, 0.25) is 0 Å². The molecule has 3 unspecified atom stereocenters. The average molecular weight is 251 g/mol. The lowest BCUT2D eigenvalue weighted by molar-refractivity contribution is 0.0517. The first-order valence-corrected chi connectivity index (χ1v) is 7.19. The average Bonchev–Trinajstić information content (AvgIpc) is 2.27. The van der Waals surface area contributed by atoms with Crippen molar-refractivity contribution >= 4 is 0 Å². The summed E-state index contributed by atoms with van der Waals surface area (Å²) < 4.78 is 0. The Balaban J connectivity index is 1.81. The third-order valence-electron chi connectivity index (χ3n) is 4.46. The molecule has 0 spiro atoms. The van der Waals surface area contributed by atoms with Crippen molar-refractivity contribution in [3.63, 3.8) is 0 Å². The number of nitriles is 1. The normalized spacial score (nSPS) is 31.6. The Morgan fingerprint density at radius 3 is 2.78 bits per heavy atom. The zero-order valence-electron chi connectivity index (χ0n) is 11.3. The standard InChI is InChI=1S/C14H25N3O/c1-11(18)13-7-14(10-17(9-13)6-5-15)16-8-12-3-2-4-12/h11-14,16,18H,2-4,6-10H2,1H3. The molecule has 0 aromatic heterocycles. The summed E-state index contributed by atoms with van der Waals surface area (Å²) in [6.07, 6.45) is 4.86. The molecule has 1 heterocycles. The Kier molecular flexibility index (Phi) is 4.99. The number of hydrogen-bond acceptors (Lipinski definition) is 4. The van der Waals surface area contributed by atoms with E-state index in [0.717, 1.165) is 32.0 Å². The van der Waals surface area contributed by atoms with Gasteiger partial charge in [0, 0.05) is 19.1 Å². The molecule has 0 aromatic carbocycles. The summed E-state index contributed by atoms with van der Waals surface area (Å²) in [5.41, 5.74) is 0. The second kappa shape index (κ2) is 6.51. The fraction of sp³-hybridized carbons (Fsp3) is 0.929. The first-order chi connectivity index (χ1) is 8.69. The van der Waals surface area contributed by atoms with E-state index in [0.29, 0.717) is 18.5 Å². The van der Waals surface area contributed by atoms with E-state index in [2.05, 4.69) is 16.3 Å². The van der Waals surface area contributed by atoms with Crippen molar-refractivity contribution in [1.82, 2.24) is 10.2 Å². The third-order valence-corrected chi connectivity index (χ3v) is 4.46. The predicted octanol–water partition coefficient (Wildman–Crippen LogP) is 0.971. The van der Waals surface area contributed by atoms with Crippen LogP contribution in [0.3, 0.4) is 0 Å². The first kappa shape index (κ1) is 13.8. The minimum Gasteiger partial charge on any atom is -0.393 e. The van der Waals surface area contributed by atoms with Crippen LogP contribution in [0.1, 0.15) is 32.6 Å². The van der Waals surface area contributed by atoms with Gasteiger partial charge in [0.15, 0.2) is 0 Å². The molecule has 18 heavy (non-hydrogen) atoms. The second-order valence-corrected chi connectivity index (χ2v) is 5.99. The molecule has 1 aliphatic heterocycles. The smallest absolute Gasteiger partial charge is 0.0866 e. The van der Waals surface area contributed by atoms with E-state index in [1.807, 2.05) is 6.92 Å². The molecule has 4 heteroatoms. The van der Waals surface area contributed by atoms with Crippen LogP contribution in [-0.2, 0) is 0 Å². The molecule has 1 saturated heterocycles. The number of rotatable bonds is 5. The molecule has 3 atom stereocenters. The molecule has 1 aliphatic carbocycles. The summed E-state index contributed by atoms with van der Waals surface area (Å²) >= 11 is 0. The summed E-state index contributed by atoms with van der Waals surface area (Å²) in [5, 5.41) is 22.2. The van der Waals surface area contributed by atoms with Crippen LogP contribution in [0.5, 0.6) is 0 Å². The molecule has 0 amide bonds. The Morgan fingerprint density at radius 1 is 1.44 bits per heavy atom. The van der Waals surface area contributed by atoms with E-state index in [-0.39, 0.29) is 6.10 Å². The van der Waals surface area contributed by atoms with Crippen LogP contribution in [0, 0.1) is 23.2 Å². The number of piperidine rings is 1. The molecule has 102 valence electrons. The van der Waals surface area contributed by atoms with Gasteiger partial charge in [-0.2, -0.15) is 5.26 Å². The van der Waals surface area contributed by atoms with Gasteiger partial charge in [-0.1, -0.05) is 6.42 Å². The SMILES string of the molecule is CC(O)C1CC(NCC2CCC2)CN(CC#N)C1. The maximum atomic E-state index is 9.78. The minimum absolute atomic E-state index is 0.278. The summed E-state index contributed by atoms with van der Waals surface area (Å²) in [6, 6.07) is 2.66. The molecular weight excluding hydrogens is 226 g/mol. The van der Waals surface area contributed by atoms with Gasteiger partial charge in [0.1, 0.15) is 0 Å². The van der Waals surface area contributed by atoms with Crippen LogP contribution in [0.25, 0.3) is 0 Å². The van der Waals surface area contributed by atoms with Crippen molar-refractivity contribution in [2.45, 2.75) is 44.8 Å². The monoisotopic (exact) mass is 251 g/mol. The number of nitrogens with zero attached hydrogens (tertiary/aromatic N) is 2. The highest BCUT2D eigenvalue weighted by Gasteiger charge is 2.30. The van der Waals surface area contributed by atoms with Gasteiger partial charge >= 0.3 is 0 Å². The molecule has 1 saturated carbocycles. The third kappa shape index (κ3) is 3.68. The molecule has 4 nitrogen and oxygen atoms in total. The van der Waals surface area contributed by atoms with Crippen molar-refractivity contribution in [3.05, 3.63) is 0 Å². The molecular formula is C14H25N3O. The topological polar surface area (TPSA) is 59.3 Å². The van der Waals surface area contributed by atoms with Gasteiger partial charge in [0.25, 0.3) is 0 Å². The van der Waals surface area contributed by atoms with Crippen LogP contribution >= 0.6 is 0 Å². The lowest BCUT2D eigenvalue weighted by Gasteiger charge is -2.39. The van der Waals surface area contributed by atoms with Crippen molar-refractivity contribution in [1.29, 1.82) is 5.26 Å². The van der Waals surface area contributed by atoms with Gasteiger partial charge < -0.3 is 10.4 Å². The van der Waals surface area contributed by atoms with Crippen LogP contribution in [0.4, 0.5) is 0 Å². The number of nitrogens with one attached hydrogen (secondary N) is 1. The van der Waals surface area contributed by atoms with Crippen molar-refractivity contribution in [2.24, 2.45) is 11.8 Å². The van der Waals surface area contributed by atoms with E-state index in [1.54, 1.807) is 0 Å². The Labute approximate surface area is 110 Å². The van der Waals surface area contributed by atoms with E-state index in [9.17, 15) is 5.11 Å². The number of aliphatic hydroxyl groups is 1. The van der Waals surface area contributed by atoms with E-state index >= 15 is 0 Å². The molecule has 2 aliphatic rings. The molecule has 2 fully saturated rings. The van der Waals surface area contributed by atoms with Gasteiger partial charge in [-0.05, 0) is 44.6 Å². The molecule has 0 aromatic rings. The molecule has 0 radical (unpaired) electrons. The van der Waals surface area contributed by atoms with Crippen LogP contribution in [0.2, 0.25) is 0 Å². The van der Waals surface area contributed by atoms with Gasteiger partial charge in [-0.3, -0.25) is 4.90 Å². The maximum absolute atomic E-state index is 9.78. The highest BCUT2D eigenvalue weighted by Crippen LogP contribution is 2.26. The van der Waals surface area contributed by atoms with Crippen LogP contribution in [0.15, 0.2) is 0 Å². The maximum Gasteiger partial charge on any atom is 0.0866 e. The van der Waals surface area contributed by atoms with Crippen molar-refractivity contribution in [3.8, 4) is 6.07 Å². The minimum atomic E-state index is -0.278. The summed E-state index contributed by atoms with van der Waals surface area (Å²) in [4.78, 5) is 2.17. The second-order valence-electron chi connectivity index (χ2n) is 5.99. The number of likely N-dealkylation sites (tertiary alicyclic amines) is 1. The Hall–Kier alpha value is -0.630. The Morgan fingerprint density at radius 2 is 2.22 bits per heavy atom. The van der Waals surface area contributed by atoms with Crippen LogP contribution in [-0.4, -0.2) is 48.3 Å². The zero-order chi connectivity index (χ0) is 13.0. The number of aliphatic hydroxyl groups excluding tert-OH is 1. The first-order valence-electron chi connectivity index (χ1n) is 7.19. The molecule has 2 N–H and O–H groups in total. The van der Waals surface area contributed by atoms with Crippen molar-refractivity contribution in [2.75, 3.05) is 26.2 Å². The van der Waals surface area contributed by atoms with Gasteiger partial charge in [-0.25, -0.2) is 0 Å². The Bertz CT molecular complexity index is 296. The highest BCUT2D eigenvalue weighted by atomic mass is 16.3. The predicted molar refractivity (Wildman–Crippen MR) is 71.0 cm³/mol. The number of hydrogen-bond donors (Lipinski definition) is 2. The lowest BCUT2D eigenvalue weighted by atomic mass is 9.84. The fourth-order valence-electron chi connectivity index (χ4n) is 2.99. The summed E-state index contributed by atoms with van der Waals surface area (Å²) in [6.45, 7) is 5.25. The van der Waals surface area contributed by atoms with E-state index in [4.69, 9.17) is 5.26 Å². The largest absolute Gasteiger partial charge is 0.393 e. The van der Waals surface area contributed by atoms with Crippen molar-refractivity contribution < 1.29 is 5.11 Å². The summed E-state index contributed by atoms with van der Waals surface area (Å²) in [7, 11) is 0. The van der Waals surface area contributed by atoms with Gasteiger partial charge in [-0.15, -0.1) is 0 Å². The highest BCUT2D eigenvalue weighted by molar-refractivity contribution is 4.90. The van der Waals surface area contributed by atoms with Gasteiger partial charge in [0.05, 0.1) is 18.7 Å². The molecule has 0 bridgehead atoms. The molecule has 2 rings (SSSR count). The van der Waals surface area contributed by atoms with E-state index < -0.39 is 0 Å².